The third-order valence-electron chi connectivity index (χ3n) is 1.44. The van der Waals surface area contributed by atoms with Crippen molar-refractivity contribution in [3.63, 3.8) is 0 Å². The fraction of sp³-hybridized carbons (Fsp3) is 0.143. The molecule has 0 unspecified atom stereocenters. The van der Waals surface area contributed by atoms with E-state index in [4.69, 9.17) is 20.6 Å². The van der Waals surface area contributed by atoms with Crippen molar-refractivity contribution in [2.75, 3.05) is 5.62 Å². The highest BCUT2D eigenvalue weighted by atomic mass is 35.5. The lowest BCUT2D eigenvalue weighted by Crippen LogP contribution is -2.05. The molecule has 0 N–H and O–H groups in total. The molecule has 1 heterocycles. The van der Waals surface area contributed by atoms with E-state index in [1.54, 1.807) is 24.3 Å². The summed E-state index contributed by atoms with van der Waals surface area (Å²) in [6, 6.07) is 6.86. The van der Waals surface area contributed by atoms with Gasteiger partial charge in [-0.05, 0) is 12.1 Å². The van der Waals surface area contributed by atoms with E-state index in [2.05, 4.69) is 0 Å². The summed E-state index contributed by atoms with van der Waals surface area (Å²) in [6.07, 6.45) is 0. The number of alkyl halides is 1. The molecule has 0 saturated carbocycles. The molecule has 0 saturated heterocycles. The van der Waals surface area contributed by atoms with E-state index >= 15 is 0 Å². The van der Waals surface area contributed by atoms with Crippen LogP contribution in [-0.2, 0) is 4.57 Å². The fourth-order valence-corrected chi connectivity index (χ4v) is 2.27. The van der Waals surface area contributed by atoms with Crippen LogP contribution in [-0.4, -0.2) is 5.62 Å². The van der Waals surface area contributed by atoms with Crippen molar-refractivity contribution in [3.05, 3.63) is 24.3 Å². The van der Waals surface area contributed by atoms with E-state index in [-0.39, 0.29) is 5.62 Å². The Labute approximate surface area is 74.8 Å². The van der Waals surface area contributed by atoms with Gasteiger partial charge < -0.3 is 9.05 Å². The lowest BCUT2D eigenvalue weighted by molar-refractivity contribution is 0.377. The van der Waals surface area contributed by atoms with Crippen molar-refractivity contribution in [2.45, 2.75) is 0 Å². The molecule has 3 nitrogen and oxygen atoms in total. The van der Waals surface area contributed by atoms with Gasteiger partial charge in [0.25, 0.3) is 0 Å². The first kappa shape index (κ1) is 7.96. The average Bonchev–Trinajstić information content (AvgIpc) is 2.03. The van der Waals surface area contributed by atoms with Crippen LogP contribution in [0.15, 0.2) is 24.3 Å². The van der Waals surface area contributed by atoms with Gasteiger partial charge in [0.05, 0.1) is 0 Å². The maximum Gasteiger partial charge on any atom is 0.445 e. The summed E-state index contributed by atoms with van der Waals surface area (Å²) in [6.45, 7) is 0. The van der Waals surface area contributed by atoms with Gasteiger partial charge in [-0.2, -0.15) is 0 Å². The molecule has 5 heteroatoms. The molecular weight excluding hydrogens is 199 g/mol. The van der Waals surface area contributed by atoms with Crippen molar-refractivity contribution in [3.8, 4) is 11.5 Å². The van der Waals surface area contributed by atoms with Gasteiger partial charge in [-0.25, -0.2) is 4.57 Å². The zero-order valence-corrected chi connectivity index (χ0v) is 7.72. The minimum Gasteiger partial charge on any atom is -0.415 e. The van der Waals surface area contributed by atoms with Gasteiger partial charge in [0.1, 0.15) is 17.1 Å². The van der Waals surface area contributed by atoms with E-state index < -0.39 is 7.60 Å². The van der Waals surface area contributed by atoms with Crippen LogP contribution in [0.1, 0.15) is 0 Å². The zero-order valence-electron chi connectivity index (χ0n) is 6.07. The number of hydrogen-bond acceptors (Lipinski definition) is 3. The molecule has 0 amide bonds. The largest absolute Gasteiger partial charge is 0.445 e. The number of rotatable bonds is 1. The molecule has 0 aliphatic carbocycles. The molecule has 12 heavy (non-hydrogen) atoms. The minimum absolute atomic E-state index is 0.129. The van der Waals surface area contributed by atoms with Crippen molar-refractivity contribution in [2.24, 2.45) is 0 Å². The summed E-state index contributed by atoms with van der Waals surface area (Å²) in [5, 5.41) is 0. The molecule has 2 bridgehead atoms. The third kappa shape index (κ3) is 1.30. The monoisotopic (exact) mass is 204 g/mol. The minimum atomic E-state index is -3.09. The molecule has 1 aliphatic heterocycles. The summed E-state index contributed by atoms with van der Waals surface area (Å²) in [5.74, 6) is 1.09. The highest BCUT2D eigenvalue weighted by molar-refractivity contribution is 7.56. The van der Waals surface area contributed by atoms with Gasteiger partial charge in [-0.3, -0.25) is 0 Å². The van der Waals surface area contributed by atoms with Crippen LogP contribution in [0.4, 0.5) is 0 Å². The predicted octanol–water partition coefficient (Wildman–Crippen LogP) is 2.85. The van der Waals surface area contributed by atoms with Gasteiger partial charge in [-0.15, -0.1) is 11.6 Å². The topological polar surface area (TPSA) is 35.5 Å². The summed E-state index contributed by atoms with van der Waals surface area (Å²) >= 11 is 5.44. The third-order valence-corrected chi connectivity index (χ3v) is 3.59. The lowest BCUT2D eigenvalue weighted by Gasteiger charge is -2.22. The Bertz CT molecular complexity index is 327. The first-order chi connectivity index (χ1) is 5.72. The highest BCUT2D eigenvalue weighted by Crippen LogP contribution is 2.53. The van der Waals surface area contributed by atoms with Gasteiger partial charge in [-0.1, -0.05) is 6.07 Å². The fourth-order valence-electron chi connectivity index (χ4n) is 0.976. The Morgan fingerprint density at radius 3 is 2.42 bits per heavy atom. The Balaban J connectivity index is 2.42. The Hall–Kier alpha value is -0.660. The van der Waals surface area contributed by atoms with Crippen molar-refractivity contribution in [1.29, 1.82) is 0 Å². The van der Waals surface area contributed by atoms with Gasteiger partial charge >= 0.3 is 7.60 Å². The molecule has 0 atom stereocenters. The second-order valence-corrected chi connectivity index (χ2v) is 4.93. The molecule has 0 aromatic heterocycles. The highest BCUT2D eigenvalue weighted by Gasteiger charge is 2.30. The molecular formula is C7H6ClO3P. The predicted molar refractivity (Wildman–Crippen MR) is 46.0 cm³/mol. The zero-order chi connectivity index (χ0) is 8.60. The van der Waals surface area contributed by atoms with Crippen LogP contribution < -0.4 is 9.05 Å². The molecule has 1 aliphatic rings. The number of benzene rings is 1. The van der Waals surface area contributed by atoms with Gasteiger partial charge in [0.2, 0.25) is 0 Å². The van der Waals surface area contributed by atoms with E-state index in [1.165, 1.54) is 0 Å². The molecule has 1 aromatic carbocycles. The van der Waals surface area contributed by atoms with Crippen LogP contribution in [0, 0.1) is 0 Å². The standard InChI is InChI=1S/C7H6ClO3P/c8-5-12(9)10-6-2-1-3-7(4-6)11-12/h1-4H,5H2. The van der Waals surface area contributed by atoms with E-state index in [1.807, 2.05) is 0 Å². The number of hydrogen-bond donors (Lipinski definition) is 0. The second kappa shape index (κ2) is 2.68. The van der Waals surface area contributed by atoms with Crippen LogP contribution in [0.2, 0.25) is 0 Å². The molecule has 1 aromatic rings. The Morgan fingerprint density at radius 2 is 1.92 bits per heavy atom. The smallest absolute Gasteiger partial charge is 0.415 e. The van der Waals surface area contributed by atoms with Gasteiger partial charge in [0, 0.05) is 6.07 Å². The SMILES string of the molecule is O=P1(CCl)Oc2cccc(c2)O1. The molecule has 0 spiro atoms. The lowest BCUT2D eigenvalue weighted by atomic mass is 10.3. The van der Waals surface area contributed by atoms with E-state index in [0.717, 1.165) is 0 Å². The van der Waals surface area contributed by atoms with Crippen molar-refractivity contribution < 1.29 is 13.6 Å². The van der Waals surface area contributed by atoms with Crippen molar-refractivity contribution >= 4 is 19.2 Å². The van der Waals surface area contributed by atoms with Crippen LogP contribution in [0.5, 0.6) is 11.5 Å². The van der Waals surface area contributed by atoms with Gasteiger partial charge in [0.15, 0.2) is 0 Å². The Morgan fingerprint density at radius 1 is 1.33 bits per heavy atom. The normalized spacial score (nSPS) is 17.8. The first-order valence-electron chi connectivity index (χ1n) is 3.36. The molecule has 64 valence electrons. The molecule has 0 fully saturated rings. The number of fused-ring (bicyclic) bond motifs is 2. The van der Waals surface area contributed by atoms with Crippen LogP contribution in [0.3, 0.4) is 0 Å². The summed E-state index contributed by atoms with van der Waals surface area (Å²) in [4.78, 5) is 0. The molecule has 2 rings (SSSR count). The van der Waals surface area contributed by atoms with E-state index in [0.29, 0.717) is 11.5 Å². The summed E-state index contributed by atoms with van der Waals surface area (Å²) < 4.78 is 21.6. The summed E-state index contributed by atoms with van der Waals surface area (Å²) in [5.41, 5.74) is -0.129. The Kier molecular flexibility index (Phi) is 1.78. The molecule has 0 radical (unpaired) electrons. The van der Waals surface area contributed by atoms with Crippen LogP contribution >= 0.6 is 19.2 Å². The maximum absolute atomic E-state index is 11.5. The summed E-state index contributed by atoms with van der Waals surface area (Å²) in [7, 11) is -3.09. The maximum atomic E-state index is 11.5. The number of halogens is 1. The van der Waals surface area contributed by atoms with Crippen LogP contribution in [0.25, 0.3) is 0 Å². The van der Waals surface area contributed by atoms with E-state index in [9.17, 15) is 4.57 Å². The van der Waals surface area contributed by atoms with Crippen molar-refractivity contribution in [1.82, 2.24) is 0 Å². The average molecular weight is 205 g/mol. The quantitative estimate of drug-likeness (QED) is 0.521. The second-order valence-electron chi connectivity index (χ2n) is 2.39. The first-order valence-corrected chi connectivity index (χ1v) is 5.62.